The number of hydrogen-bond acceptors (Lipinski definition) is 0. The highest BCUT2D eigenvalue weighted by Crippen LogP contribution is 2.54. The van der Waals surface area contributed by atoms with Crippen molar-refractivity contribution in [2.24, 2.45) is 7.05 Å². The first kappa shape index (κ1) is 14.5. The van der Waals surface area contributed by atoms with Gasteiger partial charge in [0.15, 0.2) is 6.20 Å². The third-order valence-electron chi connectivity index (χ3n) is 5.23. The smallest absolute Gasteiger partial charge is 0.201 e. The largest absolute Gasteiger partial charge is 0.202 e. The highest BCUT2D eigenvalue weighted by molar-refractivity contribution is 7.66. The first-order valence-electron chi connectivity index (χ1n) is 8.59. The maximum atomic E-state index is 2.43. The summed E-state index contributed by atoms with van der Waals surface area (Å²) in [6.45, 7) is 0. The van der Waals surface area contributed by atoms with Crippen LogP contribution in [0, 0.1) is 0 Å². The summed E-state index contributed by atoms with van der Waals surface area (Å²) in [6, 6.07) is 6.87. The van der Waals surface area contributed by atoms with Crippen molar-refractivity contribution in [3.05, 3.63) is 24.4 Å². The van der Waals surface area contributed by atoms with E-state index in [0.717, 1.165) is 11.3 Å². The molecular weight excluding hydrogens is 261 g/mol. The lowest BCUT2D eigenvalue weighted by atomic mass is 9.99. The van der Waals surface area contributed by atoms with Crippen molar-refractivity contribution in [3.63, 3.8) is 0 Å². The van der Waals surface area contributed by atoms with E-state index in [1.165, 1.54) is 64.2 Å². The maximum absolute atomic E-state index is 2.43. The van der Waals surface area contributed by atoms with Gasteiger partial charge in [0.2, 0.25) is 5.44 Å². The fourth-order valence-corrected chi connectivity index (χ4v) is 8.05. The summed E-state index contributed by atoms with van der Waals surface area (Å²) in [5.41, 5.74) is 3.69. The lowest BCUT2D eigenvalue weighted by Crippen LogP contribution is -2.47. The number of aromatic nitrogens is 1. The van der Waals surface area contributed by atoms with Crippen LogP contribution in [-0.2, 0) is 7.05 Å². The van der Waals surface area contributed by atoms with E-state index in [9.17, 15) is 0 Å². The van der Waals surface area contributed by atoms with Crippen molar-refractivity contribution in [3.8, 4) is 0 Å². The maximum Gasteiger partial charge on any atom is 0.201 e. The van der Waals surface area contributed by atoms with E-state index in [4.69, 9.17) is 0 Å². The molecule has 2 heteroatoms. The molecule has 0 aliphatic heterocycles. The number of aryl methyl sites for hydroxylation is 1. The molecule has 1 aromatic rings. The Labute approximate surface area is 125 Å². The minimum Gasteiger partial charge on any atom is -0.202 e. The second-order valence-corrected chi connectivity index (χ2v) is 9.39. The van der Waals surface area contributed by atoms with E-state index in [1.807, 2.05) is 0 Å². The lowest BCUT2D eigenvalue weighted by Gasteiger charge is -2.36. The normalized spacial score (nSPS) is 22.3. The summed E-state index contributed by atoms with van der Waals surface area (Å²) in [5.74, 6) is 0. The highest BCUT2D eigenvalue weighted by atomic mass is 31.1. The van der Waals surface area contributed by atoms with E-state index >= 15 is 0 Å². The molecular formula is C18H29NP+. The molecule has 20 heavy (non-hydrogen) atoms. The zero-order valence-corrected chi connectivity index (χ0v) is 13.8. The van der Waals surface area contributed by atoms with Crippen molar-refractivity contribution in [1.29, 1.82) is 0 Å². The molecule has 2 saturated carbocycles. The van der Waals surface area contributed by atoms with Crippen LogP contribution in [0.15, 0.2) is 24.4 Å². The quantitative estimate of drug-likeness (QED) is 0.578. The molecule has 0 aromatic carbocycles. The van der Waals surface area contributed by atoms with Gasteiger partial charge in [-0.05, 0) is 43.1 Å². The molecule has 0 atom stereocenters. The molecule has 2 fully saturated rings. The van der Waals surface area contributed by atoms with Crippen LogP contribution >= 0.6 is 7.92 Å². The fourth-order valence-electron chi connectivity index (χ4n) is 4.17. The van der Waals surface area contributed by atoms with Crippen LogP contribution in [0.4, 0.5) is 0 Å². The van der Waals surface area contributed by atoms with Crippen LogP contribution in [0.3, 0.4) is 0 Å². The molecule has 0 unspecified atom stereocenters. The van der Waals surface area contributed by atoms with E-state index < -0.39 is 0 Å². The Bertz CT molecular complexity index is 401. The average Bonchev–Trinajstić information content (AvgIpc) is 2.52. The summed E-state index contributed by atoms with van der Waals surface area (Å²) < 4.78 is 2.43. The Kier molecular flexibility index (Phi) is 5.10. The van der Waals surface area contributed by atoms with Gasteiger partial charge in [0.05, 0.1) is 0 Å². The van der Waals surface area contributed by atoms with Crippen molar-refractivity contribution >= 4 is 13.4 Å². The van der Waals surface area contributed by atoms with Gasteiger partial charge >= 0.3 is 0 Å². The van der Waals surface area contributed by atoms with Crippen LogP contribution < -0.4 is 10.0 Å². The zero-order valence-electron chi connectivity index (χ0n) is 12.9. The van der Waals surface area contributed by atoms with Gasteiger partial charge in [-0.1, -0.05) is 38.5 Å². The summed E-state index contributed by atoms with van der Waals surface area (Å²) in [4.78, 5) is 0. The first-order chi connectivity index (χ1) is 9.86. The Morgan fingerprint density at radius 2 is 1.40 bits per heavy atom. The molecule has 3 rings (SSSR count). The van der Waals surface area contributed by atoms with Crippen molar-refractivity contribution < 1.29 is 4.57 Å². The van der Waals surface area contributed by atoms with Crippen LogP contribution in [-0.4, -0.2) is 11.3 Å². The highest BCUT2D eigenvalue weighted by Gasteiger charge is 2.36. The van der Waals surface area contributed by atoms with E-state index in [2.05, 4.69) is 36.0 Å². The molecule has 0 N–H and O–H groups in total. The van der Waals surface area contributed by atoms with Crippen molar-refractivity contribution in [1.82, 2.24) is 0 Å². The first-order valence-corrected chi connectivity index (χ1v) is 10.1. The molecule has 110 valence electrons. The third kappa shape index (κ3) is 3.25. The molecule has 0 saturated heterocycles. The van der Waals surface area contributed by atoms with Crippen LogP contribution in [0.1, 0.15) is 64.2 Å². The Balaban J connectivity index is 1.87. The Hall–Kier alpha value is -0.420. The number of nitrogens with zero attached hydrogens (tertiary/aromatic N) is 1. The minimum absolute atomic E-state index is 0.0500. The Morgan fingerprint density at radius 1 is 0.850 bits per heavy atom. The molecule has 0 bridgehead atoms. The molecule has 0 amide bonds. The van der Waals surface area contributed by atoms with Gasteiger partial charge in [0.25, 0.3) is 0 Å². The topological polar surface area (TPSA) is 3.88 Å². The summed E-state index contributed by atoms with van der Waals surface area (Å²) >= 11 is 0. The number of pyridine rings is 1. The molecule has 2 aliphatic carbocycles. The zero-order chi connectivity index (χ0) is 13.8. The van der Waals surface area contributed by atoms with Gasteiger partial charge in [-0.3, -0.25) is 0 Å². The SMILES string of the molecule is C[n+]1ccccc1P(C1CCCCC1)C1CCCCC1. The van der Waals surface area contributed by atoms with Crippen molar-refractivity contribution in [2.45, 2.75) is 75.5 Å². The second kappa shape index (κ2) is 7.03. The van der Waals surface area contributed by atoms with E-state index in [1.54, 1.807) is 5.44 Å². The monoisotopic (exact) mass is 290 g/mol. The lowest BCUT2D eigenvalue weighted by molar-refractivity contribution is -0.653. The predicted octanol–water partition coefficient (Wildman–Crippen LogP) is 4.28. The summed E-state index contributed by atoms with van der Waals surface area (Å²) in [6.07, 6.45) is 17.1. The summed E-state index contributed by atoms with van der Waals surface area (Å²) in [5, 5.41) is 0. The second-order valence-electron chi connectivity index (χ2n) is 6.66. The molecule has 1 nitrogen and oxygen atoms in total. The Morgan fingerprint density at radius 3 is 1.90 bits per heavy atom. The van der Waals surface area contributed by atoms with Gasteiger partial charge in [-0.2, -0.15) is 0 Å². The third-order valence-corrected chi connectivity index (χ3v) is 8.83. The predicted molar refractivity (Wildman–Crippen MR) is 87.9 cm³/mol. The van der Waals surface area contributed by atoms with E-state index in [-0.39, 0.29) is 7.92 Å². The number of rotatable bonds is 3. The van der Waals surface area contributed by atoms with Crippen LogP contribution in [0.5, 0.6) is 0 Å². The van der Waals surface area contributed by atoms with Gasteiger partial charge in [0.1, 0.15) is 7.05 Å². The molecule has 1 aromatic heterocycles. The molecule has 2 aliphatic rings. The summed E-state index contributed by atoms with van der Waals surface area (Å²) in [7, 11) is 2.31. The minimum atomic E-state index is 0.0500. The number of hydrogen-bond donors (Lipinski definition) is 0. The van der Waals surface area contributed by atoms with Gasteiger partial charge in [-0.25, -0.2) is 4.57 Å². The van der Waals surface area contributed by atoms with Crippen LogP contribution in [0.2, 0.25) is 0 Å². The van der Waals surface area contributed by atoms with Gasteiger partial charge in [0, 0.05) is 20.1 Å². The van der Waals surface area contributed by atoms with Crippen LogP contribution in [0.25, 0.3) is 0 Å². The molecule has 0 spiro atoms. The van der Waals surface area contributed by atoms with E-state index in [0.29, 0.717) is 0 Å². The standard InChI is InChI=1S/C18H29NP/c1-19-15-9-8-14-18(19)20(16-10-4-2-5-11-16)17-12-6-3-7-13-17/h8-9,14-17H,2-7,10-13H2,1H3/q+1. The van der Waals surface area contributed by atoms with Crippen molar-refractivity contribution in [2.75, 3.05) is 0 Å². The molecule has 0 radical (unpaired) electrons. The fraction of sp³-hybridized carbons (Fsp3) is 0.722. The molecule has 1 heterocycles. The van der Waals surface area contributed by atoms with Gasteiger partial charge in [-0.15, -0.1) is 0 Å². The average molecular weight is 290 g/mol. The van der Waals surface area contributed by atoms with Gasteiger partial charge < -0.3 is 0 Å².